The molecule has 0 radical (unpaired) electrons. The van der Waals surface area contributed by atoms with Gasteiger partial charge in [0.25, 0.3) is 0 Å². The molecule has 0 saturated carbocycles. The van der Waals surface area contributed by atoms with E-state index < -0.39 is 0 Å². The van der Waals surface area contributed by atoms with Crippen LogP contribution in [-0.4, -0.2) is 18.3 Å². The van der Waals surface area contributed by atoms with E-state index in [2.05, 4.69) is 255 Å². The van der Waals surface area contributed by atoms with Crippen LogP contribution in [0.4, 0.5) is 0 Å². The van der Waals surface area contributed by atoms with E-state index in [-0.39, 0.29) is 0 Å². The second kappa shape index (κ2) is 16.7. The number of hydrogen-bond donors (Lipinski definition) is 0. The normalized spacial score (nSPS) is 12.1. The van der Waals surface area contributed by atoms with Crippen LogP contribution in [0.3, 0.4) is 0 Å². The van der Waals surface area contributed by atoms with E-state index >= 15 is 0 Å². The Balaban J connectivity index is 1.11. The summed E-state index contributed by atoms with van der Waals surface area (Å²) in [5, 5.41) is 38.5. The van der Waals surface area contributed by atoms with Crippen molar-refractivity contribution in [2.45, 2.75) is 0 Å². The lowest BCUT2D eigenvalue weighted by Gasteiger charge is -2.27. The molecule has 18 rings (SSSR count). The summed E-state index contributed by atoms with van der Waals surface area (Å²) in [4.78, 5) is 0. The Kier molecular flexibility index (Phi) is 9.11. The van der Waals surface area contributed by atoms with Crippen molar-refractivity contribution in [2.24, 2.45) is 0 Å². The number of benzene rings is 12. The van der Waals surface area contributed by atoms with Gasteiger partial charge in [-0.05, 0) is 83.9 Å². The van der Waals surface area contributed by atoms with Crippen molar-refractivity contribution in [3.63, 3.8) is 0 Å². The van der Waals surface area contributed by atoms with Crippen molar-refractivity contribution in [3.8, 4) is 46.0 Å². The van der Waals surface area contributed by atoms with E-state index in [0.29, 0.717) is 33.9 Å². The van der Waals surface area contributed by atoms with E-state index in [1.165, 1.54) is 10.1 Å². The standard InChI is InChI=1S/C74H40N6OS/c75-41-55-70(77-57-27-9-1-18-45(57)46-19-2-10-28-58(46)77)71(78-59-29-11-3-20-47(59)48-21-4-12-30-60(48)78)56(42-76)73(72(55)79-61-31-13-5-22-49(61)50-23-6-14-32-62(50)79)80-63-38-36-43(44-26-17-34-66-68(44)53-25-7-15-33-65(53)81-66)40-54(63)69-64(80)39-37-52-51-24-8-16-35-67(51)82-74(52)69/h1-40H. The summed E-state index contributed by atoms with van der Waals surface area (Å²) in [6, 6.07) is 91.1. The first-order chi connectivity index (χ1) is 40.7. The summed E-state index contributed by atoms with van der Waals surface area (Å²) in [7, 11) is 0. The lowest BCUT2D eigenvalue weighted by atomic mass is 9.97. The monoisotopic (exact) mass is 1060 g/mol. The van der Waals surface area contributed by atoms with Gasteiger partial charge < -0.3 is 22.7 Å². The average molecular weight is 1060 g/mol. The molecule has 6 aromatic heterocycles. The number of rotatable bonds is 5. The average Bonchev–Trinajstić information content (AvgIpc) is 2.07. The molecule has 18 aromatic rings. The molecule has 7 nitrogen and oxygen atoms in total. The molecule has 6 heterocycles. The minimum atomic E-state index is 0.410. The van der Waals surface area contributed by atoms with Gasteiger partial charge in [0.05, 0.1) is 66.9 Å². The number of nitrogens with zero attached hydrogens (tertiary/aromatic N) is 6. The lowest BCUT2D eigenvalue weighted by Crippen LogP contribution is -2.16. The summed E-state index contributed by atoms with van der Waals surface area (Å²) < 4.78 is 17.9. The molecule has 0 spiro atoms. The van der Waals surface area contributed by atoms with E-state index in [4.69, 9.17) is 4.42 Å². The number of fused-ring (bicyclic) bond motifs is 19. The molecule has 0 fully saturated rings. The van der Waals surface area contributed by atoms with Gasteiger partial charge in [0.2, 0.25) is 0 Å². The first kappa shape index (κ1) is 44.8. The van der Waals surface area contributed by atoms with Gasteiger partial charge in [0.1, 0.15) is 34.4 Å². The summed E-state index contributed by atoms with van der Waals surface area (Å²) in [6.07, 6.45) is 0. The third-order valence-electron chi connectivity index (χ3n) is 17.2. The van der Waals surface area contributed by atoms with Gasteiger partial charge in [0, 0.05) is 74.0 Å². The zero-order valence-electron chi connectivity index (χ0n) is 43.6. The number of hydrogen-bond acceptors (Lipinski definition) is 4. The van der Waals surface area contributed by atoms with Crippen LogP contribution >= 0.6 is 11.3 Å². The van der Waals surface area contributed by atoms with Crippen molar-refractivity contribution in [1.82, 2.24) is 18.3 Å². The maximum absolute atomic E-state index is 12.9. The lowest BCUT2D eigenvalue weighted by molar-refractivity contribution is 0.669. The fraction of sp³-hybridized carbons (Fsp3) is 0. The maximum Gasteiger partial charge on any atom is 0.136 e. The van der Waals surface area contributed by atoms with Crippen molar-refractivity contribution >= 4 is 141 Å². The molecule has 0 bridgehead atoms. The highest BCUT2D eigenvalue weighted by Crippen LogP contribution is 2.51. The Morgan fingerprint density at radius 1 is 0.305 bits per heavy atom. The molecule has 0 unspecified atom stereocenters. The summed E-state index contributed by atoms with van der Waals surface area (Å²) in [5.41, 5.74) is 14.3. The highest BCUT2D eigenvalue weighted by molar-refractivity contribution is 7.26. The zero-order chi connectivity index (χ0) is 53.9. The Labute approximate surface area is 471 Å². The number of aromatic nitrogens is 4. The molecule has 378 valence electrons. The molecule has 0 amide bonds. The van der Waals surface area contributed by atoms with Crippen LogP contribution in [0.25, 0.3) is 163 Å². The Bertz CT molecular complexity index is 5780. The first-order valence-corrected chi connectivity index (χ1v) is 28.3. The second-order valence-electron chi connectivity index (χ2n) is 21.3. The van der Waals surface area contributed by atoms with Gasteiger partial charge in [-0.3, -0.25) is 0 Å². The van der Waals surface area contributed by atoms with Gasteiger partial charge in [-0.1, -0.05) is 170 Å². The smallest absolute Gasteiger partial charge is 0.136 e. The number of thiophene rings is 1. The second-order valence-corrected chi connectivity index (χ2v) is 22.3. The number of nitriles is 2. The minimum Gasteiger partial charge on any atom is -0.456 e. The number of furan rings is 1. The SMILES string of the molecule is N#Cc1c(-n2c3ccccc3c3ccccc32)c(-n2c3ccccc3c3ccccc32)c(C#N)c(-n2c3ccc(-c4cccc5oc6ccccc6c45)cc3c3c4sc5ccccc5c4ccc32)c1-n1c2ccccc2c2ccccc21. The maximum atomic E-state index is 12.9. The van der Waals surface area contributed by atoms with Crippen LogP contribution in [0.1, 0.15) is 11.1 Å². The highest BCUT2D eigenvalue weighted by Gasteiger charge is 2.35. The molecule has 0 aliphatic heterocycles. The topological polar surface area (TPSA) is 80.4 Å². The van der Waals surface area contributed by atoms with E-state index in [9.17, 15) is 10.5 Å². The van der Waals surface area contributed by atoms with Crippen LogP contribution in [0, 0.1) is 22.7 Å². The Morgan fingerprint density at radius 3 is 1.18 bits per heavy atom. The van der Waals surface area contributed by atoms with Crippen molar-refractivity contribution in [3.05, 3.63) is 254 Å². The van der Waals surface area contributed by atoms with Crippen LogP contribution in [0.2, 0.25) is 0 Å². The summed E-state index contributed by atoms with van der Waals surface area (Å²) in [6.45, 7) is 0. The third-order valence-corrected chi connectivity index (χ3v) is 18.4. The Hall–Kier alpha value is -11.2. The van der Waals surface area contributed by atoms with E-state index in [1.54, 1.807) is 11.3 Å². The molecular weight excluding hydrogens is 1020 g/mol. The largest absolute Gasteiger partial charge is 0.456 e. The molecule has 0 N–H and O–H groups in total. The molecule has 8 heteroatoms. The molecule has 82 heavy (non-hydrogen) atoms. The van der Waals surface area contributed by atoms with Crippen molar-refractivity contribution in [2.75, 3.05) is 0 Å². The van der Waals surface area contributed by atoms with Gasteiger partial charge in [0.15, 0.2) is 0 Å². The van der Waals surface area contributed by atoms with Crippen LogP contribution in [0.5, 0.6) is 0 Å². The number of para-hydroxylation sites is 7. The predicted molar refractivity (Wildman–Crippen MR) is 339 cm³/mol. The summed E-state index contributed by atoms with van der Waals surface area (Å²) in [5.74, 6) is 0. The fourth-order valence-corrected chi connectivity index (χ4v) is 15.2. The minimum absolute atomic E-state index is 0.410. The molecular formula is C74H40N6OS. The molecule has 0 atom stereocenters. The van der Waals surface area contributed by atoms with Gasteiger partial charge >= 0.3 is 0 Å². The fourth-order valence-electron chi connectivity index (χ4n) is 14.0. The van der Waals surface area contributed by atoms with Gasteiger partial charge in [-0.25, -0.2) is 0 Å². The summed E-state index contributed by atoms with van der Waals surface area (Å²) >= 11 is 1.79. The predicted octanol–water partition coefficient (Wildman–Crippen LogP) is 19.8. The van der Waals surface area contributed by atoms with Crippen LogP contribution < -0.4 is 0 Å². The van der Waals surface area contributed by atoms with Gasteiger partial charge in [-0.15, -0.1) is 11.3 Å². The highest BCUT2D eigenvalue weighted by atomic mass is 32.1. The van der Waals surface area contributed by atoms with E-state index in [1.807, 2.05) is 18.2 Å². The zero-order valence-corrected chi connectivity index (χ0v) is 44.4. The van der Waals surface area contributed by atoms with Crippen molar-refractivity contribution in [1.29, 1.82) is 10.5 Å². The molecule has 0 aliphatic rings. The van der Waals surface area contributed by atoms with Crippen molar-refractivity contribution < 1.29 is 4.42 Å². The third kappa shape index (κ3) is 5.84. The van der Waals surface area contributed by atoms with Crippen LogP contribution in [-0.2, 0) is 0 Å². The molecule has 12 aromatic carbocycles. The first-order valence-electron chi connectivity index (χ1n) is 27.5. The molecule has 0 aliphatic carbocycles. The van der Waals surface area contributed by atoms with Crippen LogP contribution in [0.15, 0.2) is 247 Å². The quantitative estimate of drug-likeness (QED) is 0.172. The van der Waals surface area contributed by atoms with E-state index in [0.717, 1.165) is 130 Å². The van der Waals surface area contributed by atoms with Gasteiger partial charge in [-0.2, -0.15) is 10.5 Å². The Morgan fingerprint density at radius 2 is 0.695 bits per heavy atom. The molecule has 0 saturated heterocycles.